The largest absolute Gasteiger partial charge is 0.478 e. The maximum Gasteiger partial charge on any atom is 0.335 e. The fourth-order valence-electron chi connectivity index (χ4n) is 1.70. The van der Waals surface area contributed by atoms with Crippen molar-refractivity contribution in [2.75, 3.05) is 5.32 Å². The van der Waals surface area contributed by atoms with Crippen LogP contribution < -0.4 is 5.32 Å². The summed E-state index contributed by atoms with van der Waals surface area (Å²) >= 11 is 1.29. The summed E-state index contributed by atoms with van der Waals surface area (Å²) in [5.74, 6) is -2.94. The average molecular weight is 305 g/mol. The molecule has 21 heavy (non-hydrogen) atoms. The summed E-state index contributed by atoms with van der Waals surface area (Å²) in [6.45, 7) is 1.86. The van der Waals surface area contributed by atoms with Crippen LogP contribution in [0.5, 0.6) is 0 Å². The first-order valence-electron chi connectivity index (χ1n) is 5.86. The molecule has 0 aliphatic heterocycles. The molecule has 1 aromatic carbocycles. The van der Waals surface area contributed by atoms with Crippen LogP contribution in [-0.4, -0.2) is 28.1 Å². The van der Waals surface area contributed by atoms with Crippen LogP contribution in [0.2, 0.25) is 0 Å². The summed E-state index contributed by atoms with van der Waals surface area (Å²) in [7, 11) is 0. The van der Waals surface area contributed by atoms with Gasteiger partial charge in [0.25, 0.3) is 5.91 Å². The molecule has 0 aliphatic rings. The van der Waals surface area contributed by atoms with Gasteiger partial charge < -0.3 is 15.5 Å². The lowest BCUT2D eigenvalue weighted by molar-refractivity contribution is 0.0696. The summed E-state index contributed by atoms with van der Waals surface area (Å²) < 4.78 is 0. The fourth-order valence-corrected chi connectivity index (χ4v) is 2.46. The number of benzene rings is 1. The van der Waals surface area contributed by atoms with E-state index >= 15 is 0 Å². The van der Waals surface area contributed by atoms with E-state index in [-0.39, 0.29) is 16.8 Å². The molecule has 3 N–H and O–H groups in total. The van der Waals surface area contributed by atoms with E-state index in [0.717, 1.165) is 10.9 Å². The molecular formula is C14H11NO5S. The fraction of sp³-hybridized carbons (Fsp3) is 0.0714. The third-order valence-corrected chi connectivity index (χ3v) is 3.65. The second-order valence-corrected chi connectivity index (χ2v) is 5.56. The quantitative estimate of drug-likeness (QED) is 0.805. The number of aryl methyl sites for hydroxylation is 1. The third-order valence-electron chi connectivity index (χ3n) is 2.65. The molecule has 2 rings (SSSR count). The van der Waals surface area contributed by atoms with Crippen LogP contribution in [-0.2, 0) is 0 Å². The molecule has 1 heterocycles. The van der Waals surface area contributed by atoms with Gasteiger partial charge in [0, 0.05) is 10.6 Å². The number of hydrogen-bond donors (Lipinski definition) is 3. The second kappa shape index (κ2) is 5.76. The number of nitrogens with one attached hydrogen (secondary N) is 1. The van der Waals surface area contributed by atoms with E-state index in [1.807, 2.05) is 6.92 Å². The van der Waals surface area contributed by atoms with Crippen LogP contribution in [0.25, 0.3) is 0 Å². The maximum absolute atomic E-state index is 12.0. The summed E-state index contributed by atoms with van der Waals surface area (Å²) in [6, 6.07) is 6.90. The number of amides is 1. The van der Waals surface area contributed by atoms with Crippen molar-refractivity contribution in [1.29, 1.82) is 0 Å². The van der Waals surface area contributed by atoms with Gasteiger partial charge in [-0.25, -0.2) is 9.59 Å². The molecule has 0 fully saturated rings. The molecule has 0 unspecified atom stereocenters. The first-order valence-corrected chi connectivity index (χ1v) is 6.68. The second-order valence-electron chi connectivity index (χ2n) is 4.27. The Bertz CT molecular complexity index is 702. The predicted octanol–water partition coefficient (Wildman–Crippen LogP) is 2.71. The third kappa shape index (κ3) is 3.46. The number of anilines is 1. The molecule has 0 bridgehead atoms. The molecule has 0 atom stereocenters. The van der Waals surface area contributed by atoms with Crippen molar-refractivity contribution in [2.45, 2.75) is 6.92 Å². The van der Waals surface area contributed by atoms with Gasteiger partial charge in [-0.3, -0.25) is 4.79 Å². The van der Waals surface area contributed by atoms with E-state index in [0.29, 0.717) is 4.88 Å². The Morgan fingerprint density at radius 2 is 1.57 bits per heavy atom. The highest BCUT2D eigenvalue weighted by atomic mass is 32.1. The summed E-state index contributed by atoms with van der Waals surface area (Å²) in [5, 5.41) is 20.4. The van der Waals surface area contributed by atoms with Crippen molar-refractivity contribution in [2.24, 2.45) is 0 Å². The first kappa shape index (κ1) is 14.7. The predicted molar refractivity (Wildman–Crippen MR) is 77.4 cm³/mol. The molecule has 108 valence electrons. The molecule has 0 saturated heterocycles. The van der Waals surface area contributed by atoms with Gasteiger partial charge in [0.1, 0.15) is 0 Å². The van der Waals surface area contributed by atoms with Gasteiger partial charge in [-0.1, -0.05) is 0 Å². The molecule has 6 nitrogen and oxygen atoms in total. The molecule has 0 aliphatic carbocycles. The molecule has 1 aromatic heterocycles. The van der Waals surface area contributed by atoms with E-state index < -0.39 is 17.8 Å². The van der Waals surface area contributed by atoms with Crippen LogP contribution in [0, 0.1) is 6.92 Å². The minimum absolute atomic E-state index is 0.128. The highest BCUT2D eigenvalue weighted by Gasteiger charge is 2.14. The smallest absolute Gasteiger partial charge is 0.335 e. The van der Waals surface area contributed by atoms with Gasteiger partial charge in [0.15, 0.2) is 0 Å². The van der Waals surface area contributed by atoms with E-state index in [1.165, 1.54) is 23.5 Å². The zero-order valence-electron chi connectivity index (χ0n) is 10.9. The highest BCUT2D eigenvalue weighted by Crippen LogP contribution is 2.19. The van der Waals surface area contributed by atoms with Gasteiger partial charge >= 0.3 is 11.9 Å². The number of aromatic carboxylic acids is 2. The number of rotatable bonds is 4. The molecular weight excluding hydrogens is 294 g/mol. The Kier molecular flexibility index (Phi) is 4.04. The van der Waals surface area contributed by atoms with Gasteiger partial charge in [-0.05, 0) is 37.3 Å². The number of carbonyl (C=O) groups is 3. The number of carbonyl (C=O) groups excluding carboxylic acids is 1. The Balaban J connectivity index is 2.32. The normalized spacial score (nSPS) is 10.1. The molecule has 0 saturated carbocycles. The molecule has 1 amide bonds. The lowest BCUT2D eigenvalue weighted by atomic mass is 10.1. The molecule has 0 spiro atoms. The summed E-state index contributed by atoms with van der Waals surface area (Å²) in [4.78, 5) is 35.4. The molecule has 0 radical (unpaired) electrons. The number of hydrogen-bond acceptors (Lipinski definition) is 4. The van der Waals surface area contributed by atoms with Crippen molar-refractivity contribution in [3.05, 3.63) is 51.2 Å². The van der Waals surface area contributed by atoms with E-state index in [2.05, 4.69) is 5.32 Å². The highest BCUT2D eigenvalue weighted by molar-refractivity contribution is 7.14. The molecule has 7 heteroatoms. The lowest BCUT2D eigenvalue weighted by Crippen LogP contribution is -2.12. The van der Waals surface area contributed by atoms with Gasteiger partial charge in [-0.2, -0.15) is 0 Å². The minimum atomic E-state index is -1.26. The van der Waals surface area contributed by atoms with Crippen molar-refractivity contribution in [1.82, 2.24) is 0 Å². The van der Waals surface area contributed by atoms with E-state index in [1.54, 1.807) is 12.1 Å². The van der Waals surface area contributed by atoms with Crippen molar-refractivity contribution in [3.63, 3.8) is 0 Å². The zero-order valence-corrected chi connectivity index (χ0v) is 11.7. The van der Waals surface area contributed by atoms with E-state index in [9.17, 15) is 14.4 Å². The topological polar surface area (TPSA) is 104 Å². The standard InChI is InChI=1S/C14H11NO5S/c1-7-2-3-11(21-7)12(16)15-10-5-8(13(17)18)4-9(6-10)14(19)20/h2-6H,1H3,(H,15,16)(H,17,18)(H,19,20). The van der Waals surface area contributed by atoms with E-state index in [4.69, 9.17) is 10.2 Å². The number of carboxylic acid groups (broad SMARTS) is 2. The number of carboxylic acids is 2. The van der Waals surface area contributed by atoms with Gasteiger partial charge in [-0.15, -0.1) is 11.3 Å². The summed E-state index contributed by atoms with van der Waals surface area (Å²) in [5.41, 5.74) is -0.275. The van der Waals surface area contributed by atoms with Crippen LogP contribution >= 0.6 is 11.3 Å². The maximum atomic E-state index is 12.0. The first-order chi connectivity index (χ1) is 9.86. The Morgan fingerprint density at radius 1 is 1.00 bits per heavy atom. The Morgan fingerprint density at radius 3 is 2.00 bits per heavy atom. The summed E-state index contributed by atoms with van der Waals surface area (Å²) in [6.07, 6.45) is 0. The minimum Gasteiger partial charge on any atom is -0.478 e. The van der Waals surface area contributed by atoms with Crippen molar-refractivity contribution in [3.8, 4) is 0 Å². The van der Waals surface area contributed by atoms with Gasteiger partial charge in [0.2, 0.25) is 0 Å². The van der Waals surface area contributed by atoms with Crippen molar-refractivity contribution >= 4 is 34.9 Å². The Labute approximate surface area is 123 Å². The lowest BCUT2D eigenvalue weighted by Gasteiger charge is -2.06. The Hall–Kier alpha value is -2.67. The van der Waals surface area contributed by atoms with Gasteiger partial charge in [0.05, 0.1) is 16.0 Å². The van der Waals surface area contributed by atoms with Crippen LogP contribution in [0.3, 0.4) is 0 Å². The average Bonchev–Trinajstić information content (AvgIpc) is 2.85. The van der Waals surface area contributed by atoms with Crippen molar-refractivity contribution < 1.29 is 24.6 Å². The zero-order chi connectivity index (χ0) is 15.6. The van der Waals surface area contributed by atoms with Crippen LogP contribution in [0.1, 0.15) is 35.3 Å². The van der Waals surface area contributed by atoms with Crippen LogP contribution in [0.15, 0.2) is 30.3 Å². The molecule has 2 aromatic rings. The van der Waals surface area contributed by atoms with Crippen LogP contribution in [0.4, 0.5) is 5.69 Å². The SMILES string of the molecule is Cc1ccc(C(=O)Nc2cc(C(=O)O)cc(C(=O)O)c2)s1. The monoisotopic (exact) mass is 305 g/mol. The number of thiophene rings is 1.